The van der Waals surface area contributed by atoms with Crippen molar-refractivity contribution in [3.63, 3.8) is 0 Å². The van der Waals surface area contributed by atoms with E-state index in [0.29, 0.717) is 12.3 Å². The number of esters is 1. The Hall–Kier alpha value is -1.57. The molecule has 0 aliphatic rings. The molecule has 0 N–H and O–H groups in total. The molecule has 0 saturated carbocycles. The van der Waals surface area contributed by atoms with Crippen molar-refractivity contribution >= 4 is 5.97 Å². The molecule has 0 unspecified atom stereocenters. The SMILES string of the molecule is COC(=O)C/C(=C\C(C)C)Cc1ccccc1. The molecular formula is C15H20O2. The molecular weight excluding hydrogens is 212 g/mol. The summed E-state index contributed by atoms with van der Waals surface area (Å²) in [6.45, 7) is 4.23. The van der Waals surface area contributed by atoms with E-state index in [1.807, 2.05) is 18.2 Å². The number of hydrogen-bond acceptors (Lipinski definition) is 2. The monoisotopic (exact) mass is 232 g/mol. The third-order valence-corrected chi connectivity index (χ3v) is 2.44. The number of rotatable bonds is 5. The molecule has 1 rings (SSSR count). The Morgan fingerprint density at radius 1 is 1.29 bits per heavy atom. The number of benzene rings is 1. The Labute approximate surface area is 103 Å². The van der Waals surface area contributed by atoms with Crippen molar-refractivity contribution in [3.8, 4) is 0 Å². The molecule has 0 aromatic heterocycles. The normalized spacial score (nSPS) is 11.6. The molecule has 92 valence electrons. The van der Waals surface area contributed by atoms with Crippen molar-refractivity contribution in [2.75, 3.05) is 7.11 Å². The van der Waals surface area contributed by atoms with Gasteiger partial charge in [-0.2, -0.15) is 0 Å². The van der Waals surface area contributed by atoms with Gasteiger partial charge in [-0.05, 0) is 17.9 Å². The summed E-state index contributed by atoms with van der Waals surface area (Å²) in [5.74, 6) is 0.270. The molecule has 0 heterocycles. The molecule has 17 heavy (non-hydrogen) atoms. The van der Waals surface area contributed by atoms with Crippen molar-refractivity contribution in [2.24, 2.45) is 5.92 Å². The zero-order chi connectivity index (χ0) is 12.7. The van der Waals surface area contributed by atoms with Gasteiger partial charge in [0.05, 0.1) is 13.5 Å². The topological polar surface area (TPSA) is 26.3 Å². The summed E-state index contributed by atoms with van der Waals surface area (Å²) < 4.78 is 4.72. The molecule has 1 aromatic carbocycles. The van der Waals surface area contributed by atoms with Crippen molar-refractivity contribution in [3.05, 3.63) is 47.5 Å². The predicted octanol–water partition coefficient (Wildman–Crippen LogP) is 3.37. The van der Waals surface area contributed by atoms with Crippen LogP contribution in [0.25, 0.3) is 0 Å². The van der Waals surface area contributed by atoms with E-state index in [2.05, 4.69) is 32.1 Å². The Balaban J connectivity index is 2.74. The smallest absolute Gasteiger partial charge is 0.309 e. The first-order valence-electron chi connectivity index (χ1n) is 5.92. The number of methoxy groups -OCH3 is 1. The van der Waals surface area contributed by atoms with Crippen LogP contribution in [-0.4, -0.2) is 13.1 Å². The fraction of sp³-hybridized carbons (Fsp3) is 0.400. The molecule has 0 radical (unpaired) electrons. The van der Waals surface area contributed by atoms with Gasteiger partial charge in [0, 0.05) is 0 Å². The standard InChI is InChI=1S/C15H20O2/c1-12(2)9-14(11-15(16)17-3)10-13-7-5-4-6-8-13/h4-9,12H,10-11H2,1-3H3/b14-9-. The van der Waals surface area contributed by atoms with E-state index in [1.54, 1.807) is 0 Å². The fourth-order valence-electron chi connectivity index (χ4n) is 1.77. The third kappa shape index (κ3) is 5.34. The predicted molar refractivity (Wildman–Crippen MR) is 69.7 cm³/mol. The van der Waals surface area contributed by atoms with E-state index in [0.717, 1.165) is 12.0 Å². The minimum Gasteiger partial charge on any atom is -0.469 e. The molecule has 1 aromatic rings. The molecule has 2 heteroatoms. The highest BCUT2D eigenvalue weighted by molar-refractivity contribution is 5.72. The van der Waals surface area contributed by atoms with Gasteiger partial charge in [-0.3, -0.25) is 4.79 Å². The molecule has 0 amide bonds. The zero-order valence-corrected chi connectivity index (χ0v) is 10.8. The van der Waals surface area contributed by atoms with Crippen molar-refractivity contribution in [1.29, 1.82) is 0 Å². The van der Waals surface area contributed by atoms with Crippen molar-refractivity contribution < 1.29 is 9.53 Å². The van der Waals surface area contributed by atoms with Gasteiger partial charge in [0.15, 0.2) is 0 Å². The molecule has 0 saturated heterocycles. The van der Waals surface area contributed by atoms with Crippen LogP contribution in [0.4, 0.5) is 0 Å². The summed E-state index contributed by atoms with van der Waals surface area (Å²) in [5, 5.41) is 0. The second kappa shape index (κ2) is 6.89. The lowest BCUT2D eigenvalue weighted by Crippen LogP contribution is -2.04. The van der Waals surface area contributed by atoms with Crippen molar-refractivity contribution in [1.82, 2.24) is 0 Å². The van der Waals surface area contributed by atoms with Gasteiger partial charge in [-0.25, -0.2) is 0 Å². The highest BCUT2D eigenvalue weighted by atomic mass is 16.5. The second-order valence-corrected chi connectivity index (χ2v) is 4.48. The highest BCUT2D eigenvalue weighted by Crippen LogP contribution is 2.14. The number of hydrogen-bond donors (Lipinski definition) is 0. The van der Waals surface area contributed by atoms with Gasteiger partial charge in [-0.1, -0.05) is 55.8 Å². The lowest BCUT2D eigenvalue weighted by Gasteiger charge is -2.08. The van der Waals surface area contributed by atoms with E-state index in [9.17, 15) is 4.79 Å². The van der Waals surface area contributed by atoms with Gasteiger partial charge >= 0.3 is 5.97 Å². The Morgan fingerprint density at radius 3 is 2.47 bits per heavy atom. The highest BCUT2D eigenvalue weighted by Gasteiger charge is 2.07. The van der Waals surface area contributed by atoms with Crippen LogP contribution in [0, 0.1) is 5.92 Å². The Kier molecular flexibility index (Phi) is 5.47. The van der Waals surface area contributed by atoms with E-state index in [1.165, 1.54) is 12.7 Å². The number of carbonyl (C=O) groups excluding carboxylic acids is 1. The maximum atomic E-state index is 11.3. The molecule has 0 bridgehead atoms. The summed E-state index contributed by atoms with van der Waals surface area (Å²) in [6, 6.07) is 10.2. The van der Waals surface area contributed by atoms with Crippen LogP contribution in [0.2, 0.25) is 0 Å². The minimum atomic E-state index is -0.173. The molecule has 0 atom stereocenters. The molecule has 2 nitrogen and oxygen atoms in total. The van der Waals surface area contributed by atoms with Crippen LogP contribution in [0.1, 0.15) is 25.8 Å². The summed E-state index contributed by atoms with van der Waals surface area (Å²) in [7, 11) is 1.43. The summed E-state index contributed by atoms with van der Waals surface area (Å²) in [5.41, 5.74) is 2.35. The van der Waals surface area contributed by atoms with Gasteiger partial charge < -0.3 is 4.74 Å². The third-order valence-electron chi connectivity index (χ3n) is 2.44. The van der Waals surface area contributed by atoms with E-state index in [-0.39, 0.29) is 5.97 Å². The molecule has 0 spiro atoms. The van der Waals surface area contributed by atoms with Gasteiger partial charge in [0.2, 0.25) is 0 Å². The molecule has 0 aliphatic carbocycles. The first kappa shape index (κ1) is 13.5. The molecule has 0 fully saturated rings. The number of ether oxygens (including phenoxy) is 1. The summed E-state index contributed by atoms with van der Waals surface area (Å²) >= 11 is 0. The van der Waals surface area contributed by atoms with E-state index in [4.69, 9.17) is 4.74 Å². The lowest BCUT2D eigenvalue weighted by atomic mass is 9.99. The van der Waals surface area contributed by atoms with E-state index >= 15 is 0 Å². The summed E-state index contributed by atoms with van der Waals surface area (Å²) in [4.78, 5) is 11.3. The maximum absolute atomic E-state index is 11.3. The quantitative estimate of drug-likeness (QED) is 0.574. The van der Waals surface area contributed by atoms with Crippen LogP contribution in [0.15, 0.2) is 42.0 Å². The zero-order valence-electron chi connectivity index (χ0n) is 10.8. The van der Waals surface area contributed by atoms with Gasteiger partial charge in [-0.15, -0.1) is 0 Å². The van der Waals surface area contributed by atoms with Crippen molar-refractivity contribution in [2.45, 2.75) is 26.7 Å². The van der Waals surface area contributed by atoms with Gasteiger partial charge in [0.1, 0.15) is 0 Å². The Bertz CT molecular complexity index is 377. The minimum absolute atomic E-state index is 0.173. The lowest BCUT2D eigenvalue weighted by molar-refractivity contribution is -0.139. The van der Waals surface area contributed by atoms with Crippen LogP contribution >= 0.6 is 0 Å². The van der Waals surface area contributed by atoms with Crippen LogP contribution < -0.4 is 0 Å². The number of allylic oxidation sites excluding steroid dienone is 1. The van der Waals surface area contributed by atoms with E-state index < -0.39 is 0 Å². The fourth-order valence-corrected chi connectivity index (χ4v) is 1.77. The largest absolute Gasteiger partial charge is 0.469 e. The van der Waals surface area contributed by atoms with Crippen LogP contribution in [-0.2, 0) is 16.0 Å². The number of carbonyl (C=O) groups is 1. The van der Waals surface area contributed by atoms with Crippen LogP contribution in [0.3, 0.4) is 0 Å². The average molecular weight is 232 g/mol. The average Bonchev–Trinajstić information content (AvgIpc) is 2.29. The first-order valence-corrected chi connectivity index (χ1v) is 5.92. The van der Waals surface area contributed by atoms with Gasteiger partial charge in [0.25, 0.3) is 0 Å². The maximum Gasteiger partial charge on any atom is 0.309 e. The Morgan fingerprint density at radius 2 is 1.94 bits per heavy atom. The molecule has 0 aliphatic heterocycles. The summed E-state index contributed by atoms with van der Waals surface area (Å²) in [6.07, 6.45) is 3.33. The second-order valence-electron chi connectivity index (χ2n) is 4.48. The van der Waals surface area contributed by atoms with Crippen LogP contribution in [0.5, 0.6) is 0 Å². The first-order chi connectivity index (χ1) is 8.11.